The van der Waals surface area contributed by atoms with Crippen LogP contribution < -0.4 is 5.32 Å². The fourth-order valence-corrected chi connectivity index (χ4v) is 2.10. The summed E-state index contributed by atoms with van der Waals surface area (Å²) in [4.78, 5) is 17.9. The first kappa shape index (κ1) is 14.7. The molecule has 2 aromatic rings. The van der Waals surface area contributed by atoms with Crippen molar-refractivity contribution in [2.45, 2.75) is 13.8 Å². The number of nitrogens with one attached hydrogen (secondary N) is 1. The Kier molecular flexibility index (Phi) is 4.20. The molecular formula is C12H10BrClN4O2. The van der Waals surface area contributed by atoms with E-state index in [1.54, 1.807) is 0 Å². The lowest BCUT2D eigenvalue weighted by molar-refractivity contribution is -0.384. The SMILES string of the molecule is Cc1cc(Nc2nc(Cl)ncc2[N+](=O)[O-])cc(C)c1Br. The molecule has 0 aliphatic rings. The molecule has 0 bridgehead atoms. The van der Waals surface area contributed by atoms with Gasteiger partial charge in [-0.05, 0) is 48.7 Å². The molecule has 0 saturated carbocycles. The molecule has 0 aliphatic carbocycles. The molecule has 8 heteroatoms. The molecular weight excluding hydrogens is 348 g/mol. The van der Waals surface area contributed by atoms with Crippen molar-refractivity contribution in [1.29, 1.82) is 0 Å². The Morgan fingerprint density at radius 2 is 1.95 bits per heavy atom. The van der Waals surface area contributed by atoms with E-state index in [2.05, 4.69) is 31.2 Å². The predicted molar refractivity (Wildman–Crippen MR) is 80.6 cm³/mol. The third-order valence-electron chi connectivity index (χ3n) is 2.64. The molecule has 0 unspecified atom stereocenters. The molecule has 6 nitrogen and oxygen atoms in total. The molecule has 1 aromatic heterocycles. The second-order valence-electron chi connectivity index (χ2n) is 4.18. The van der Waals surface area contributed by atoms with Crippen LogP contribution in [0.15, 0.2) is 22.8 Å². The molecule has 0 spiro atoms. The second kappa shape index (κ2) is 5.72. The number of aromatic nitrogens is 2. The van der Waals surface area contributed by atoms with E-state index in [9.17, 15) is 10.1 Å². The summed E-state index contributed by atoms with van der Waals surface area (Å²) in [7, 11) is 0. The second-order valence-corrected chi connectivity index (χ2v) is 5.31. The fourth-order valence-electron chi connectivity index (χ4n) is 1.73. The fraction of sp³-hybridized carbons (Fsp3) is 0.167. The van der Waals surface area contributed by atoms with Gasteiger partial charge in [-0.25, -0.2) is 4.98 Å². The summed E-state index contributed by atoms with van der Waals surface area (Å²) < 4.78 is 0.998. The summed E-state index contributed by atoms with van der Waals surface area (Å²) in [6, 6.07) is 3.72. The van der Waals surface area contributed by atoms with E-state index in [4.69, 9.17) is 11.6 Å². The summed E-state index contributed by atoms with van der Waals surface area (Å²) in [6.07, 6.45) is 1.08. The number of hydrogen-bond acceptors (Lipinski definition) is 5. The highest BCUT2D eigenvalue weighted by Crippen LogP contribution is 2.29. The lowest BCUT2D eigenvalue weighted by Crippen LogP contribution is -2.02. The number of nitro groups is 1. The van der Waals surface area contributed by atoms with E-state index >= 15 is 0 Å². The maximum atomic E-state index is 10.9. The zero-order valence-corrected chi connectivity index (χ0v) is 13.0. The number of benzene rings is 1. The molecule has 104 valence electrons. The third-order valence-corrected chi connectivity index (χ3v) is 4.07. The van der Waals surface area contributed by atoms with Crippen LogP contribution in [0.5, 0.6) is 0 Å². The van der Waals surface area contributed by atoms with Gasteiger partial charge in [0.15, 0.2) is 0 Å². The summed E-state index contributed by atoms with van der Waals surface area (Å²) in [6.45, 7) is 3.87. The van der Waals surface area contributed by atoms with Crippen molar-refractivity contribution in [2.75, 3.05) is 5.32 Å². The minimum atomic E-state index is -0.558. The van der Waals surface area contributed by atoms with Crippen LogP contribution in [0.25, 0.3) is 0 Å². The van der Waals surface area contributed by atoms with Gasteiger partial charge in [0, 0.05) is 10.2 Å². The highest BCUT2D eigenvalue weighted by Gasteiger charge is 2.17. The smallest absolute Gasteiger partial charge is 0.329 e. The molecule has 0 atom stereocenters. The monoisotopic (exact) mass is 356 g/mol. The molecule has 1 heterocycles. The minimum absolute atomic E-state index is 0.0522. The minimum Gasteiger partial charge on any atom is -0.334 e. The van der Waals surface area contributed by atoms with Crippen molar-refractivity contribution in [3.63, 3.8) is 0 Å². The van der Waals surface area contributed by atoms with Crippen molar-refractivity contribution in [2.24, 2.45) is 0 Å². The number of halogens is 2. The van der Waals surface area contributed by atoms with Gasteiger partial charge in [0.2, 0.25) is 11.1 Å². The van der Waals surface area contributed by atoms with Gasteiger partial charge in [-0.1, -0.05) is 15.9 Å². The van der Waals surface area contributed by atoms with Crippen LogP contribution in [0.3, 0.4) is 0 Å². The molecule has 0 amide bonds. The first-order valence-corrected chi connectivity index (χ1v) is 6.76. The summed E-state index contributed by atoms with van der Waals surface area (Å²) in [5.41, 5.74) is 2.49. The number of nitrogens with zero attached hydrogens (tertiary/aromatic N) is 3. The molecule has 0 aliphatic heterocycles. The zero-order chi connectivity index (χ0) is 14.9. The van der Waals surface area contributed by atoms with Crippen LogP contribution in [0, 0.1) is 24.0 Å². The molecule has 0 fully saturated rings. The lowest BCUT2D eigenvalue weighted by Gasteiger charge is -2.10. The van der Waals surface area contributed by atoms with Crippen LogP contribution in [-0.4, -0.2) is 14.9 Å². The molecule has 1 aromatic carbocycles. The first-order valence-electron chi connectivity index (χ1n) is 5.59. The van der Waals surface area contributed by atoms with E-state index in [0.29, 0.717) is 5.69 Å². The third kappa shape index (κ3) is 3.05. The van der Waals surface area contributed by atoms with Crippen LogP contribution in [0.1, 0.15) is 11.1 Å². The topological polar surface area (TPSA) is 81.0 Å². The quantitative estimate of drug-likeness (QED) is 0.507. The maximum Gasteiger partial charge on any atom is 0.329 e. The van der Waals surface area contributed by atoms with E-state index in [1.807, 2.05) is 26.0 Å². The maximum absolute atomic E-state index is 10.9. The highest BCUT2D eigenvalue weighted by molar-refractivity contribution is 9.10. The van der Waals surface area contributed by atoms with Crippen LogP contribution in [0.2, 0.25) is 5.28 Å². The molecule has 20 heavy (non-hydrogen) atoms. The van der Waals surface area contributed by atoms with Crippen molar-refractivity contribution in [3.8, 4) is 0 Å². The van der Waals surface area contributed by atoms with Crippen LogP contribution >= 0.6 is 27.5 Å². The summed E-state index contributed by atoms with van der Waals surface area (Å²) in [5.74, 6) is 0.0659. The van der Waals surface area contributed by atoms with Crippen molar-refractivity contribution < 1.29 is 4.92 Å². The van der Waals surface area contributed by atoms with Gasteiger partial charge in [0.25, 0.3) is 0 Å². The highest BCUT2D eigenvalue weighted by atomic mass is 79.9. The standard InChI is InChI=1S/C12H10BrClN4O2/c1-6-3-8(4-7(2)10(6)13)16-11-9(18(19)20)5-15-12(14)17-11/h3-5H,1-2H3,(H,15,16,17). The summed E-state index contributed by atoms with van der Waals surface area (Å²) >= 11 is 9.15. The summed E-state index contributed by atoms with van der Waals surface area (Å²) in [5, 5.41) is 13.8. The van der Waals surface area contributed by atoms with Gasteiger partial charge < -0.3 is 5.32 Å². The van der Waals surface area contributed by atoms with Crippen molar-refractivity contribution >= 4 is 44.7 Å². The Bertz CT molecular complexity index is 670. The Morgan fingerprint density at radius 3 is 2.50 bits per heavy atom. The number of anilines is 2. The van der Waals surface area contributed by atoms with Gasteiger partial charge >= 0.3 is 5.69 Å². The Hall–Kier alpha value is -1.73. The van der Waals surface area contributed by atoms with E-state index < -0.39 is 4.92 Å². The lowest BCUT2D eigenvalue weighted by atomic mass is 10.1. The number of rotatable bonds is 3. The van der Waals surface area contributed by atoms with Gasteiger partial charge in [0.1, 0.15) is 6.20 Å². The van der Waals surface area contributed by atoms with Gasteiger partial charge in [-0.2, -0.15) is 4.98 Å². The van der Waals surface area contributed by atoms with Gasteiger partial charge in [-0.3, -0.25) is 10.1 Å². The molecule has 2 rings (SSSR count). The van der Waals surface area contributed by atoms with Crippen molar-refractivity contribution in [3.05, 3.63) is 49.3 Å². The van der Waals surface area contributed by atoms with Crippen LogP contribution in [-0.2, 0) is 0 Å². The number of aryl methyl sites for hydroxylation is 2. The number of hydrogen-bond donors (Lipinski definition) is 1. The molecule has 1 N–H and O–H groups in total. The molecule has 0 saturated heterocycles. The predicted octanol–water partition coefficient (Wildman–Crippen LogP) is 4.16. The molecule has 0 radical (unpaired) electrons. The average Bonchev–Trinajstić information content (AvgIpc) is 2.35. The Labute approximate surface area is 128 Å². The van der Waals surface area contributed by atoms with Crippen molar-refractivity contribution in [1.82, 2.24) is 9.97 Å². The van der Waals surface area contributed by atoms with E-state index in [1.165, 1.54) is 0 Å². The van der Waals surface area contributed by atoms with Crippen LogP contribution in [0.4, 0.5) is 17.2 Å². The first-order chi connectivity index (χ1) is 9.38. The van der Waals surface area contributed by atoms with E-state index in [-0.39, 0.29) is 16.8 Å². The Morgan fingerprint density at radius 1 is 1.35 bits per heavy atom. The average molecular weight is 358 g/mol. The van der Waals surface area contributed by atoms with E-state index in [0.717, 1.165) is 21.8 Å². The Balaban J connectivity index is 2.44. The zero-order valence-electron chi connectivity index (χ0n) is 10.6. The normalized spacial score (nSPS) is 10.4. The largest absolute Gasteiger partial charge is 0.334 e. The van der Waals surface area contributed by atoms with Gasteiger partial charge in [-0.15, -0.1) is 0 Å². The van der Waals surface area contributed by atoms with Gasteiger partial charge in [0.05, 0.1) is 4.92 Å².